The molecule has 14 heteroatoms. The first-order valence-electron chi connectivity index (χ1n) is 16.4. The van der Waals surface area contributed by atoms with Crippen molar-refractivity contribution in [3.63, 3.8) is 0 Å². The summed E-state index contributed by atoms with van der Waals surface area (Å²) >= 11 is 0. The van der Waals surface area contributed by atoms with Crippen molar-refractivity contribution in [1.29, 1.82) is 5.26 Å². The van der Waals surface area contributed by atoms with Crippen LogP contribution in [0, 0.1) is 18.3 Å². The van der Waals surface area contributed by atoms with Gasteiger partial charge in [-0.25, -0.2) is 18.5 Å². The third-order valence-corrected chi connectivity index (χ3v) is 9.47. The number of nitrogen functional groups attached to an aromatic ring is 1. The minimum absolute atomic E-state index is 0.0712. The van der Waals surface area contributed by atoms with Gasteiger partial charge in [-0.2, -0.15) is 5.26 Å². The van der Waals surface area contributed by atoms with E-state index in [1.54, 1.807) is 43.3 Å². The Morgan fingerprint density at radius 1 is 0.962 bits per heavy atom. The van der Waals surface area contributed by atoms with Crippen molar-refractivity contribution in [2.45, 2.75) is 25.3 Å². The molecule has 1 saturated heterocycles. The molecule has 1 aromatic heterocycles. The Balaban J connectivity index is 0.000000407. The molecular formula is C38H39N7O6S. The molecule has 13 nitrogen and oxygen atoms in total. The van der Waals surface area contributed by atoms with E-state index in [-0.39, 0.29) is 22.2 Å². The van der Waals surface area contributed by atoms with Crippen LogP contribution in [-0.2, 0) is 21.5 Å². The molecule has 0 spiro atoms. The number of piperazine rings is 1. The summed E-state index contributed by atoms with van der Waals surface area (Å²) in [6.45, 7) is 6.54. The van der Waals surface area contributed by atoms with Crippen molar-refractivity contribution >= 4 is 50.0 Å². The molecule has 6 rings (SSSR count). The lowest BCUT2D eigenvalue weighted by molar-refractivity contribution is -0.596. The van der Waals surface area contributed by atoms with Gasteiger partial charge in [-0.3, -0.25) is 10.6 Å². The lowest BCUT2D eigenvalue weighted by Gasteiger charge is -2.35. The van der Waals surface area contributed by atoms with Crippen LogP contribution in [0.2, 0.25) is 0 Å². The number of anilines is 3. The number of hydrogen-bond acceptors (Lipinski definition) is 10. The quantitative estimate of drug-likeness (QED) is 0.119. The fourth-order valence-electron chi connectivity index (χ4n) is 5.76. The van der Waals surface area contributed by atoms with Crippen LogP contribution in [0.4, 0.5) is 17.2 Å². The number of nitriles is 1. The Bertz CT molecular complexity index is 2230. The summed E-state index contributed by atoms with van der Waals surface area (Å²) in [5.41, 5.74) is 4.70. The van der Waals surface area contributed by atoms with E-state index >= 15 is 0 Å². The number of amides is 2. The number of aromatic nitrogens is 1. The van der Waals surface area contributed by atoms with Gasteiger partial charge in [0.2, 0.25) is 5.91 Å². The molecule has 4 N–H and O–H groups in total. The zero-order chi connectivity index (χ0) is 37.4. The monoisotopic (exact) mass is 721 g/mol. The van der Waals surface area contributed by atoms with Crippen molar-refractivity contribution in [2.75, 3.05) is 54.7 Å². The second-order valence-corrected chi connectivity index (χ2v) is 13.4. The number of ether oxygens (including phenoxy) is 1. The van der Waals surface area contributed by atoms with Gasteiger partial charge in [-0.1, -0.05) is 54.1 Å². The molecule has 2 amide bonds. The SMILES string of the molecule is COc1cccc(C(=O)Nc2c(C#N)c(NCc3ccccc3)c3cc(N4CCN(C(C)=O)CC4)ccc3[n+]2N)c1.Cc1ccc(S(=O)(=O)[O-])cc1. The normalized spacial score (nSPS) is 12.7. The molecule has 1 aliphatic heterocycles. The van der Waals surface area contributed by atoms with E-state index in [4.69, 9.17) is 10.6 Å². The largest absolute Gasteiger partial charge is 0.744 e. The van der Waals surface area contributed by atoms with Crippen molar-refractivity contribution in [3.05, 3.63) is 119 Å². The van der Waals surface area contributed by atoms with Gasteiger partial charge in [0.1, 0.15) is 21.9 Å². The molecule has 0 saturated carbocycles. The number of rotatable bonds is 8. The second-order valence-electron chi connectivity index (χ2n) is 12.1. The van der Waals surface area contributed by atoms with Crippen LogP contribution < -0.4 is 30.8 Å². The van der Waals surface area contributed by atoms with E-state index in [0.29, 0.717) is 55.2 Å². The zero-order valence-corrected chi connectivity index (χ0v) is 29.8. The van der Waals surface area contributed by atoms with Crippen LogP contribution in [0.15, 0.2) is 102 Å². The highest BCUT2D eigenvalue weighted by Crippen LogP contribution is 2.33. The Hall–Kier alpha value is -6.17. The van der Waals surface area contributed by atoms with Crippen molar-refractivity contribution in [3.8, 4) is 11.8 Å². The van der Waals surface area contributed by atoms with E-state index in [2.05, 4.69) is 21.6 Å². The third kappa shape index (κ3) is 8.76. The predicted octanol–water partition coefficient (Wildman–Crippen LogP) is 4.15. The van der Waals surface area contributed by atoms with Gasteiger partial charge in [0.25, 0.3) is 0 Å². The molecule has 0 aliphatic carbocycles. The molecule has 1 fully saturated rings. The molecule has 4 aromatic carbocycles. The van der Waals surface area contributed by atoms with Gasteiger partial charge in [0, 0.05) is 45.3 Å². The lowest BCUT2D eigenvalue weighted by atomic mass is 10.1. The minimum atomic E-state index is -4.27. The summed E-state index contributed by atoms with van der Waals surface area (Å²) in [5, 5.41) is 17.4. The Kier molecular flexibility index (Phi) is 11.6. The number of carbonyl (C=O) groups is 2. The van der Waals surface area contributed by atoms with Crippen LogP contribution in [0.25, 0.3) is 10.9 Å². The smallest absolute Gasteiger partial charge is 0.339 e. The van der Waals surface area contributed by atoms with Crippen LogP contribution in [0.5, 0.6) is 5.75 Å². The van der Waals surface area contributed by atoms with E-state index in [1.165, 1.54) is 23.9 Å². The first-order valence-corrected chi connectivity index (χ1v) is 17.8. The average Bonchev–Trinajstić information content (AvgIpc) is 3.15. The molecule has 0 bridgehead atoms. The average molecular weight is 722 g/mol. The van der Waals surface area contributed by atoms with E-state index < -0.39 is 16.0 Å². The van der Waals surface area contributed by atoms with Crippen LogP contribution >= 0.6 is 0 Å². The van der Waals surface area contributed by atoms with Gasteiger partial charge in [-0.05, 0) is 61.0 Å². The number of pyridine rings is 1. The Labute approximate surface area is 302 Å². The highest BCUT2D eigenvalue weighted by atomic mass is 32.2. The standard InChI is InChI=1S/C31H31N7O3.C7H8O3S/c1-21(39)36-13-15-37(16-14-36)24-11-12-28-26(18-24)29(34-20-22-7-4-3-5-8-22)27(19-32)30(38(28)33)35-31(40)23-9-6-10-25(17-23)41-2;1-6-2-4-7(5-3-6)11(8,9)10/h3-12,17-18H,13-16,20,33H2,1-2H3,(H,34,35,40);2-5H,1H3,(H,8,9,10). The van der Waals surface area contributed by atoms with E-state index in [1.807, 2.05) is 60.4 Å². The number of benzene rings is 4. The molecule has 52 heavy (non-hydrogen) atoms. The number of nitrogens with zero attached hydrogens (tertiary/aromatic N) is 4. The van der Waals surface area contributed by atoms with Crippen LogP contribution in [0.1, 0.15) is 34.0 Å². The summed E-state index contributed by atoms with van der Waals surface area (Å²) in [5.74, 6) is 6.94. The number of methoxy groups -OCH3 is 1. The number of nitrogens with one attached hydrogen (secondary N) is 2. The first kappa shape index (κ1) is 37.1. The molecule has 2 heterocycles. The van der Waals surface area contributed by atoms with Gasteiger partial charge in [0.05, 0.1) is 28.6 Å². The van der Waals surface area contributed by atoms with Gasteiger partial charge in [-0.15, -0.1) is 4.68 Å². The maximum Gasteiger partial charge on any atom is 0.339 e. The van der Waals surface area contributed by atoms with E-state index in [0.717, 1.165) is 22.2 Å². The van der Waals surface area contributed by atoms with Crippen molar-refractivity contribution in [2.24, 2.45) is 0 Å². The maximum atomic E-state index is 13.3. The number of aryl methyl sites for hydroxylation is 1. The van der Waals surface area contributed by atoms with Crippen molar-refractivity contribution < 1.29 is 32.0 Å². The van der Waals surface area contributed by atoms with Gasteiger partial charge < -0.3 is 24.4 Å². The Morgan fingerprint density at radius 3 is 2.27 bits per heavy atom. The molecule has 0 unspecified atom stereocenters. The maximum absolute atomic E-state index is 13.3. The molecule has 0 radical (unpaired) electrons. The zero-order valence-electron chi connectivity index (χ0n) is 29.0. The lowest BCUT2D eigenvalue weighted by Crippen LogP contribution is -2.49. The highest BCUT2D eigenvalue weighted by Gasteiger charge is 2.28. The molecule has 1 aliphatic rings. The summed E-state index contributed by atoms with van der Waals surface area (Å²) < 4.78 is 37.8. The summed E-state index contributed by atoms with van der Waals surface area (Å²) in [4.78, 5) is 28.9. The number of nitrogens with two attached hydrogens (primary N) is 1. The second kappa shape index (κ2) is 16.2. The molecule has 5 aromatic rings. The molecular weight excluding hydrogens is 683 g/mol. The Morgan fingerprint density at radius 2 is 1.65 bits per heavy atom. The summed E-state index contributed by atoms with van der Waals surface area (Å²) in [7, 11) is -2.74. The van der Waals surface area contributed by atoms with Crippen LogP contribution in [0.3, 0.4) is 0 Å². The number of carbonyl (C=O) groups excluding carboxylic acids is 2. The molecule has 0 atom stereocenters. The van der Waals surface area contributed by atoms with Gasteiger partial charge in [0.15, 0.2) is 11.1 Å². The highest BCUT2D eigenvalue weighted by molar-refractivity contribution is 7.85. The number of hydrogen-bond donors (Lipinski definition) is 3. The topological polar surface area (TPSA) is 185 Å². The fraction of sp³-hybridized carbons (Fsp3) is 0.211. The van der Waals surface area contributed by atoms with Crippen LogP contribution in [-0.4, -0.2) is 63.0 Å². The first-order chi connectivity index (χ1) is 24.9. The fourth-order valence-corrected chi connectivity index (χ4v) is 6.22. The summed E-state index contributed by atoms with van der Waals surface area (Å²) in [6.07, 6.45) is 0. The third-order valence-electron chi connectivity index (χ3n) is 8.62. The predicted molar refractivity (Wildman–Crippen MR) is 197 cm³/mol. The van der Waals surface area contributed by atoms with Gasteiger partial charge >= 0.3 is 11.7 Å². The molecule has 268 valence electrons. The summed E-state index contributed by atoms with van der Waals surface area (Å²) in [6, 6.07) is 30.5. The van der Waals surface area contributed by atoms with E-state index in [9.17, 15) is 27.8 Å². The van der Waals surface area contributed by atoms with Crippen molar-refractivity contribution in [1.82, 2.24) is 4.90 Å². The number of fused-ring (bicyclic) bond motifs is 1. The minimum Gasteiger partial charge on any atom is -0.744 e.